The van der Waals surface area contributed by atoms with Crippen LogP contribution in [0.3, 0.4) is 0 Å². The van der Waals surface area contributed by atoms with Gasteiger partial charge in [0.2, 0.25) is 0 Å². The van der Waals surface area contributed by atoms with Gasteiger partial charge in [0.1, 0.15) is 4.21 Å². The van der Waals surface area contributed by atoms with Crippen molar-refractivity contribution in [3.63, 3.8) is 0 Å². The van der Waals surface area contributed by atoms with Gasteiger partial charge in [-0.05, 0) is 18.2 Å². The second-order valence-corrected chi connectivity index (χ2v) is 6.51. The minimum absolute atomic E-state index is 0.143. The molecule has 3 nitrogen and oxygen atoms in total. The third-order valence-corrected chi connectivity index (χ3v) is 4.82. The quantitative estimate of drug-likeness (QED) is 0.779. The van der Waals surface area contributed by atoms with E-state index in [-0.39, 0.29) is 4.21 Å². The average molecular weight is 260 g/mol. The van der Waals surface area contributed by atoms with Crippen LogP contribution in [0.5, 0.6) is 0 Å². The van der Waals surface area contributed by atoms with Crippen LogP contribution in [0.25, 0.3) is 11.3 Å². The molecule has 0 fully saturated rings. The summed E-state index contributed by atoms with van der Waals surface area (Å²) < 4.78 is 22.2. The van der Waals surface area contributed by atoms with Crippen LogP contribution in [0.15, 0.2) is 40.1 Å². The Morgan fingerprint density at radius 3 is 2.67 bits per heavy atom. The number of hydrogen-bond donors (Lipinski definition) is 0. The number of hydrogen-bond acceptors (Lipinski definition) is 4. The summed E-state index contributed by atoms with van der Waals surface area (Å²) in [6.07, 6.45) is 1.65. The number of pyridine rings is 1. The molecule has 0 radical (unpaired) electrons. The van der Waals surface area contributed by atoms with Gasteiger partial charge in [-0.1, -0.05) is 6.07 Å². The summed E-state index contributed by atoms with van der Waals surface area (Å²) in [6.45, 7) is 0. The van der Waals surface area contributed by atoms with Crippen molar-refractivity contribution in [1.82, 2.24) is 4.98 Å². The van der Waals surface area contributed by atoms with Crippen molar-refractivity contribution in [3.8, 4) is 11.3 Å². The molecule has 0 spiro atoms. The van der Waals surface area contributed by atoms with Gasteiger partial charge in [-0.15, -0.1) is 11.3 Å². The number of thiophene rings is 1. The smallest absolute Gasteiger partial charge is 0.256 e. The van der Waals surface area contributed by atoms with Crippen LogP contribution < -0.4 is 0 Å². The second kappa shape index (κ2) is 3.92. The number of nitrogens with zero attached hydrogens (tertiary/aromatic N) is 1. The predicted molar refractivity (Wildman–Crippen MR) is 60.6 cm³/mol. The van der Waals surface area contributed by atoms with E-state index in [1.165, 1.54) is 6.07 Å². The molecule has 0 aliphatic heterocycles. The van der Waals surface area contributed by atoms with Gasteiger partial charge in [0.25, 0.3) is 9.05 Å². The van der Waals surface area contributed by atoms with Gasteiger partial charge in [0.05, 0.1) is 5.69 Å². The Bertz CT molecular complexity index is 563. The molecule has 0 bridgehead atoms. The third kappa shape index (κ3) is 2.37. The fourth-order valence-electron chi connectivity index (χ4n) is 1.11. The maximum absolute atomic E-state index is 11.0. The summed E-state index contributed by atoms with van der Waals surface area (Å²) >= 11 is 1.09. The molecular weight excluding hydrogens is 254 g/mol. The molecule has 2 heterocycles. The zero-order valence-corrected chi connectivity index (χ0v) is 9.81. The maximum atomic E-state index is 11.0. The Hall–Kier alpha value is -0.910. The fraction of sp³-hybridized carbons (Fsp3) is 0. The van der Waals surface area contributed by atoms with Crippen molar-refractivity contribution >= 4 is 31.1 Å². The van der Waals surface area contributed by atoms with E-state index in [9.17, 15) is 8.42 Å². The number of rotatable bonds is 2. The first kappa shape index (κ1) is 10.6. The van der Waals surface area contributed by atoms with E-state index in [1.54, 1.807) is 17.6 Å². The molecule has 0 amide bonds. The van der Waals surface area contributed by atoms with Crippen molar-refractivity contribution in [2.24, 2.45) is 0 Å². The van der Waals surface area contributed by atoms with Gasteiger partial charge >= 0.3 is 0 Å². The molecule has 0 N–H and O–H groups in total. The standard InChI is InChI=1S/C9H6ClNO2S2/c10-15(12,13)9-5-7(6-14-9)8-3-1-2-4-11-8/h1-6H. The van der Waals surface area contributed by atoms with Gasteiger partial charge in [-0.25, -0.2) is 8.42 Å². The summed E-state index contributed by atoms with van der Waals surface area (Å²) in [4.78, 5) is 4.11. The molecule has 0 aromatic carbocycles. The number of halogens is 1. The summed E-state index contributed by atoms with van der Waals surface area (Å²) in [5.74, 6) is 0. The van der Waals surface area contributed by atoms with Crippen LogP contribution in [0, 0.1) is 0 Å². The normalized spacial score (nSPS) is 11.5. The van der Waals surface area contributed by atoms with Crippen LogP contribution in [0.2, 0.25) is 0 Å². The predicted octanol–water partition coefficient (Wildman–Crippen LogP) is 2.74. The van der Waals surface area contributed by atoms with E-state index in [0.29, 0.717) is 0 Å². The first-order valence-corrected chi connectivity index (χ1v) is 7.21. The molecular formula is C9H6ClNO2S2. The van der Waals surface area contributed by atoms with Crippen molar-refractivity contribution in [1.29, 1.82) is 0 Å². The highest BCUT2D eigenvalue weighted by Gasteiger charge is 2.13. The Morgan fingerprint density at radius 2 is 2.13 bits per heavy atom. The Labute approximate surface area is 95.8 Å². The first-order chi connectivity index (χ1) is 7.07. The molecule has 0 atom stereocenters. The molecule has 0 saturated heterocycles. The zero-order valence-electron chi connectivity index (χ0n) is 7.42. The monoisotopic (exact) mass is 259 g/mol. The highest BCUT2D eigenvalue weighted by molar-refractivity contribution is 8.15. The van der Waals surface area contributed by atoms with E-state index in [1.807, 2.05) is 12.1 Å². The van der Waals surface area contributed by atoms with E-state index < -0.39 is 9.05 Å². The molecule has 78 valence electrons. The van der Waals surface area contributed by atoms with Crippen molar-refractivity contribution in [2.75, 3.05) is 0 Å². The lowest BCUT2D eigenvalue weighted by molar-refractivity contribution is 0.611. The van der Waals surface area contributed by atoms with Gasteiger partial charge < -0.3 is 0 Å². The van der Waals surface area contributed by atoms with E-state index >= 15 is 0 Å². The highest BCUT2D eigenvalue weighted by atomic mass is 35.7. The minimum atomic E-state index is -3.63. The fourth-order valence-corrected chi connectivity index (χ4v) is 3.07. The Morgan fingerprint density at radius 1 is 1.33 bits per heavy atom. The first-order valence-electron chi connectivity index (χ1n) is 4.02. The Balaban J connectivity index is 2.46. The van der Waals surface area contributed by atoms with Gasteiger partial charge in [0, 0.05) is 27.8 Å². The van der Waals surface area contributed by atoms with Crippen LogP contribution in [0.1, 0.15) is 0 Å². The average Bonchev–Trinajstić information content (AvgIpc) is 2.67. The van der Waals surface area contributed by atoms with Crippen molar-refractivity contribution in [3.05, 3.63) is 35.8 Å². The van der Waals surface area contributed by atoms with E-state index in [0.717, 1.165) is 22.6 Å². The maximum Gasteiger partial charge on any atom is 0.270 e. The third-order valence-electron chi connectivity index (χ3n) is 1.78. The summed E-state index contributed by atoms with van der Waals surface area (Å²) in [7, 11) is 1.59. The second-order valence-electron chi connectivity index (χ2n) is 2.81. The van der Waals surface area contributed by atoms with Gasteiger partial charge in [-0.3, -0.25) is 4.98 Å². The topological polar surface area (TPSA) is 47.0 Å². The highest BCUT2D eigenvalue weighted by Crippen LogP contribution is 2.28. The Kier molecular flexibility index (Phi) is 2.77. The largest absolute Gasteiger partial charge is 0.270 e. The lowest BCUT2D eigenvalue weighted by atomic mass is 10.2. The lowest BCUT2D eigenvalue weighted by Gasteiger charge is -1.93. The van der Waals surface area contributed by atoms with E-state index in [2.05, 4.69) is 4.98 Å². The molecule has 2 rings (SSSR count). The molecule has 0 unspecified atom stereocenters. The van der Waals surface area contributed by atoms with Crippen LogP contribution >= 0.6 is 22.0 Å². The van der Waals surface area contributed by atoms with Gasteiger partial charge in [0.15, 0.2) is 0 Å². The minimum Gasteiger partial charge on any atom is -0.256 e. The molecule has 6 heteroatoms. The molecule has 0 aliphatic carbocycles. The summed E-state index contributed by atoms with van der Waals surface area (Å²) in [5, 5.41) is 1.72. The van der Waals surface area contributed by atoms with Gasteiger partial charge in [-0.2, -0.15) is 0 Å². The molecule has 2 aromatic rings. The zero-order chi connectivity index (χ0) is 10.9. The SMILES string of the molecule is O=S(=O)(Cl)c1cc(-c2ccccn2)cs1. The summed E-state index contributed by atoms with van der Waals surface area (Å²) in [5.41, 5.74) is 1.50. The lowest BCUT2D eigenvalue weighted by Crippen LogP contribution is -1.84. The van der Waals surface area contributed by atoms with Crippen LogP contribution in [-0.4, -0.2) is 13.4 Å². The van der Waals surface area contributed by atoms with Crippen LogP contribution in [-0.2, 0) is 9.05 Å². The van der Waals surface area contributed by atoms with E-state index in [4.69, 9.17) is 10.7 Å². The number of aromatic nitrogens is 1. The molecule has 0 aliphatic rings. The molecule has 0 saturated carbocycles. The van der Waals surface area contributed by atoms with Crippen molar-refractivity contribution < 1.29 is 8.42 Å². The van der Waals surface area contributed by atoms with Crippen LogP contribution in [0.4, 0.5) is 0 Å². The molecule has 15 heavy (non-hydrogen) atoms. The summed E-state index contributed by atoms with van der Waals surface area (Å²) in [6, 6.07) is 6.98. The van der Waals surface area contributed by atoms with Crippen molar-refractivity contribution in [2.45, 2.75) is 4.21 Å². The molecule has 2 aromatic heterocycles.